The molecule has 1 saturated carbocycles. The van der Waals surface area contributed by atoms with Gasteiger partial charge in [0.2, 0.25) is 11.8 Å². The fraction of sp³-hybridized carbons (Fsp3) is 0.625. The summed E-state index contributed by atoms with van der Waals surface area (Å²) in [5.74, 6) is 0.750. The summed E-state index contributed by atoms with van der Waals surface area (Å²) >= 11 is 0. The molecule has 0 bridgehead atoms. The molecule has 1 fully saturated rings. The lowest BCUT2D eigenvalue weighted by Crippen LogP contribution is -2.52. The third-order valence-electron chi connectivity index (χ3n) is 6.57. The molecular formula is C24H37N5O2. The standard InChI is InChI=1S/C24H37N5O2/c1-28(2)21(30)16-25-23(26-17-24(13-7-8-14-24)22(31)29(3)4)27-20-12-11-18-9-5-6-10-19(18)15-20/h5-6,9-10,20H,7-8,11-17H2,1-4H3,(H2,25,26,27). The predicted molar refractivity (Wildman–Crippen MR) is 124 cm³/mol. The van der Waals surface area contributed by atoms with Crippen molar-refractivity contribution in [1.82, 2.24) is 20.4 Å². The SMILES string of the molecule is CN(C)C(=O)CN=C(NCC1(C(=O)N(C)C)CCCC1)NC1CCc2ccccc2C1. The van der Waals surface area contributed by atoms with Crippen LogP contribution in [0, 0.1) is 5.41 Å². The molecule has 7 nitrogen and oxygen atoms in total. The number of hydrogen-bond donors (Lipinski definition) is 2. The first-order chi connectivity index (χ1) is 14.8. The Hall–Kier alpha value is -2.57. The number of carbonyl (C=O) groups is 2. The first kappa shape index (κ1) is 23.1. The minimum absolute atomic E-state index is 0.0463. The highest BCUT2D eigenvalue weighted by atomic mass is 16.2. The molecule has 0 spiro atoms. The van der Waals surface area contributed by atoms with Gasteiger partial charge in [-0.15, -0.1) is 0 Å². The lowest BCUT2D eigenvalue weighted by Gasteiger charge is -2.32. The Kier molecular flexibility index (Phi) is 7.57. The number of nitrogens with one attached hydrogen (secondary N) is 2. The van der Waals surface area contributed by atoms with E-state index in [1.165, 1.54) is 11.1 Å². The van der Waals surface area contributed by atoms with E-state index in [1.807, 2.05) is 14.1 Å². The quantitative estimate of drug-likeness (QED) is 0.536. The average Bonchev–Trinajstić information content (AvgIpc) is 3.24. The Bertz CT molecular complexity index is 812. The topological polar surface area (TPSA) is 77.0 Å². The number of fused-ring (bicyclic) bond motifs is 1. The summed E-state index contributed by atoms with van der Waals surface area (Å²) in [6.07, 6.45) is 6.89. The van der Waals surface area contributed by atoms with Crippen molar-refractivity contribution in [2.45, 2.75) is 51.0 Å². The second kappa shape index (κ2) is 10.2. The molecule has 0 aromatic heterocycles. The summed E-state index contributed by atoms with van der Waals surface area (Å²) in [4.78, 5) is 32.9. The van der Waals surface area contributed by atoms with Crippen molar-refractivity contribution in [2.75, 3.05) is 41.3 Å². The number of benzene rings is 1. The van der Waals surface area contributed by atoms with Crippen LogP contribution in [0.4, 0.5) is 0 Å². The fourth-order valence-electron chi connectivity index (χ4n) is 4.70. The van der Waals surface area contributed by atoms with Crippen molar-refractivity contribution < 1.29 is 9.59 Å². The van der Waals surface area contributed by atoms with Crippen molar-refractivity contribution in [3.05, 3.63) is 35.4 Å². The van der Waals surface area contributed by atoms with Gasteiger partial charge in [0.05, 0.1) is 5.41 Å². The molecule has 1 aromatic rings. The van der Waals surface area contributed by atoms with Crippen LogP contribution in [0.15, 0.2) is 29.3 Å². The third kappa shape index (κ3) is 5.77. The number of amides is 2. The summed E-state index contributed by atoms with van der Waals surface area (Å²) in [6, 6.07) is 8.81. The van der Waals surface area contributed by atoms with E-state index in [-0.39, 0.29) is 24.4 Å². The zero-order valence-corrected chi connectivity index (χ0v) is 19.4. The van der Waals surface area contributed by atoms with E-state index in [2.05, 4.69) is 39.9 Å². The van der Waals surface area contributed by atoms with Crippen LogP contribution in [0.5, 0.6) is 0 Å². The zero-order valence-electron chi connectivity index (χ0n) is 19.4. The number of guanidine groups is 1. The Morgan fingerprint density at radius 1 is 1.06 bits per heavy atom. The summed E-state index contributed by atoms with van der Waals surface area (Å²) in [7, 11) is 7.12. The minimum Gasteiger partial charge on any atom is -0.355 e. The number of carbonyl (C=O) groups excluding carboxylic acids is 2. The Labute approximate surface area is 186 Å². The van der Waals surface area contributed by atoms with Crippen LogP contribution in [0.2, 0.25) is 0 Å². The van der Waals surface area contributed by atoms with Gasteiger partial charge in [0.1, 0.15) is 6.54 Å². The molecule has 2 amide bonds. The van der Waals surface area contributed by atoms with Crippen molar-refractivity contribution >= 4 is 17.8 Å². The van der Waals surface area contributed by atoms with Crippen LogP contribution in [-0.2, 0) is 22.4 Å². The van der Waals surface area contributed by atoms with Crippen molar-refractivity contribution in [1.29, 1.82) is 0 Å². The van der Waals surface area contributed by atoms with E-state index in [1.54, 1.807) is 23.9 Å². The molecule has 7 heteroatoms. The van der Waals surface area contributed by atoms with E-state index in [4.69, 9.17) is 0 Å². The molecule has 0 aliphatic heterocycles. The summed E-state index contributed by atoms with van der Waals surface area (Å²) in [5, 5.41) is 6.97. The van der Waals surface area contributed by atoms with Crippen LogP contribution < -0.4 is 10.6 Å². The number of aryl methyl sites for hydroxylation is 1. The molecule has 0 heterocycles. The van der Waals surface area contributed by atoms with Gasteiger partial charge in [-0.3, -0.25) is 9.59 Å². The maximum absolute atomic E-state index is 12.9. The molecule has 1 atom stereocenters. The van der Waals surface area contributed by atoms with Crippen LogP contribution in [-0.4, -0.2) is 74.9 Å². The number of aliphatic imine (C=N–C) groups is 1. The lowest BCUT2D eigenvalue weighted by molar-refractivity contribution is -0.138. The van der Waals surface area contributed by atoms with Gasteiger partial charge in [-0.1, -0.05) is 37.1 Å². The van der Waals surface area contributed by atoms with Crippen molar-refractivity contribution in [2.24, 2.45) is 10.4 Å². The number of rotatable bonds is 6. The second-order valence-electron chi connectivity index (χ2n) is 9.35. The highest BCUT2D eigenvalue weighted by Crippen LogP contribution is 2.38. The molecule has 2 aliphatic rings. The second-order valence-corrected chi connectivity index (χ2v) is 9.35. The van der Waals surface area contributed by atoms with Gasteiger partial charge in [0, 0.05) is 40.8 Å². The molecule has 0 radical (unpaired) electrons. The molecular weight excluding hydrogens is 390 g/mol. The van der Waals surface area contributed by atoms with Crippen LogP contribution in [0.25, 0.3) is 0 Å². The van der Waals surface area contributed by atoms with Crippen molar-refractivity contribution in [3.8, 4) is 0 Å². The maximum atomic E-state index is 12.9. The van der Waals surface area contributed by atoms with Gasteiger partial charge in [-0.2, -0.15) is 0 Å². The Balaban J connectivity index is 1.71. The largest absolute Gasteiger partial charge is 0.355 e. The molecule has 2 aliphatic carbocycles. The van der Waals surface area contributed by atoms with Gasteiger partial charge in [-0.25, -0.2) is 4.99 Å². The van der Waals surface area contributed by atoms with Gasteiger partial charge in [-0.05, 0) is 43.2 Å². The Morgan fingerprint density at radius 3 is 2.39 bits per heavy atom. The molecule has 2 N–H and O–H groups in total. The molecule has 170 valence electrons. The van der Waals surface area contributed by atoms with Gasteiger partial charge >= 0.3 is 0 Å². The number of likely N-dealkylation sites (N-methyl/N-ethyl adjacent to an activating group) is 1. The number of hydrogen-bond acceptors (Lipinski definition) is 3. The normalized spacial score (nSPS) is 20.0. The van der Waals surface area contributed by atoms with Gasteiger partial charge in [0.15, 0.2) is 5.96 Å². The zero-order chi connectivity index (χ0) is 22.4. The minimum atomic E-state index is -0.392. The lowest BCUT2D eigenvalue weighted by atomic mass is 9.84. The highest BCUT2D eigenvalue weighted by molar-refractivity contribution is 5.87. The molecule has 1 aromatic carbocycles. The van der Waals surface area contributed by atoms with E-state index in [0.29, 0.717) is 12.5 Å². The smallest absolute Gasteiger partial charge is 0.243 e. The van der Waals surface area contributed by atoms with Crippen LogP contribution in [0.3, 0.4) is 0 Å². The maximum Gasteiger partial charge on any atom is 0.243 e. The first-order valence-electron chi connectivity index (χ1n) is 11.3. The van der Waals surface area contributed by atoms with Crippen molar-refractivity contribution in [3.63, 3.8) is 0 Å². The van der Waals surface area contributed by atoms with E-state index >= 15 is 0 Å². The molecule has 31 heavy (non-hydrogen) atoms. The summed E-state index contributed by atoms with van der Waals surface area (Å²) in [6.45, 7) is 0.621. The predicted octanol–water partition coefficient (Wildman–Crippen LogP) is 1.82. The fourth-order valence-corrected chi connectivity index (χ4v) is 4.70. The summed E-state index contributed by atoms with van der Waals surface area (Å²) < 4.78 is 0. The average molecular weight is 428 g/mol. The van der Waals surface area contributed by atoms with Crippen LogP contribution in [0.1, 0.15) is 43.2 Å². The molecule has 3 rings (SSSR count). The Morgan fingerprint density at radius 2 is 1.74 bits per heavy atom. The van der Waals surface area contributed by atoms with E-state index in [0.717, 1.165) is 44.9 Å². The van der Waals surface area contributed by atoms with Gasteiger partial charge in [0.25, 0.3) is 0 Å². The number of nitrogens with zero attached hydrogens (tertiary/aromatic N) is 3. The van der Waals surface area contributed by atoms with Crippen LogP contribution >= 0.6 is 0 Å². The third-order valence-corrected chi connectivity index (χ3v) is 6.57. The molecule has 0 saturated heterocycles. The summed E-state index contributed by atoms with van der Waals surface area (Å²) in [5.41, 5.74) is 2.39. The van der Waals surface area contributed by atoms with E-state index in [9.17, 15) is 9.59 Å². The first-order valence-corrected chi connectivity index (χ1v) is 11.3. The highest BCUT2D eigenvalue weighted by Gasteiger charge is 2.42. The monoisotopic (exact) mass is 427 g/mol. The van der Waals surface area contributed by atoms with Gasteiger partial charge < -0.3 is 20.4 Å². The van der Waals surface area contributed by atoms with E-state index < -0.39 is 5.41 Å². The molecule has 1 unspecified atom stereocenters.